The molecule has 0 aliphatic carbocycles. The summed E-state index contributed by atoms with van der Waals surface area (Å²) in [7, 11) is 0. The molecule has 18 aromatic carbocycles. The Morgan fingerprint density at radius 1 is 0.158 bits per heavy atom. The fourth-order valence-electron chi connectivity index (χ4n) is 19.7. The van der Waals surface area contributed by atoms with Gasteiger partial charge in [-0.15, -0.1) is 0 Å². The fraction of sp³-hybridized carbons (Fsp3) is 0. The van der Waals surface area contributed by atoms with Gasteiger partial charge in [0.05, 0.1) is 66.2 Å². The Morgan fingerprint density at radius 2 is 0.550 bits per heavy atom. The van der Waals surface area contributed by atoms with Gasteiger partial charge in [0.2, 0.25) is 17.8 Å². The summed E-state index contributed by atoms with van der Waals surface area (Å²) >= 11 is 0. The first-order chi connectivity index (χ1) is 59.5. The summed E-state index contributed by atoms with van der Waals surface area (Å²) in [4.78, 5) is 34.3. The van der Waals surface area contributed by atoms with E-state index in [2.05, 4.69) is 404 Å². The Hall–Kier alpha value is -16.4. The molecule has 26 rings (SSSR count). The third-order valence-corrected chi connectivity index (χ3v) is 24.8. The Bertz CT molecular complexity index is 8850. The maximum atomic E-state index is 5.86. The normalized spacial score (nSPS) is 12.2. The molecule has 8 heterocycles. The molecular formula is C108H64N12. The number of aromatic nitrogens is 12. The van der Waals surface area contributed by atoms with Gasteiger partial charge >= 0.3 is 0 Å². The summed E-state index contributed by atoms with van der Waals surface area (Å²) in [5, 5.41) is 20.1. The maximum absolute atomic E-state index is 5.86. The summed E-state index contributed by atoms with van der Waals surface area (Å²) in [5.74, 6) is 3.07. The highest BCUT2D eigenvalue weighted by molar-refractivity contribution is 6.32. The average molecular weight is 1530 g/mol. The van der Waals surface area contributed by atoms with Crippen molar-refractivity contribution >= 4 is 163 Å². The van der Waals surface area contributed by atoms with E-state index in [-0.39, 0.29) is 0 Å². The van der Waals surface area contributed by atoms with Crippen LogP contribution in [0.5, 0.6) is 0 Å². The van der Waals surface area contributed by atoms with E-state index < -0.39 is 0 Å². The first-order valence-corrected chi connectivity index (χ1v) is 40.7. The second-order valence-corrected chi connectivity index (χ2v) is 31.3. The summed E-state index contributed by atoms with van der Waals surface area (Å²) in [5.41, 5.74) is 20.0. The molecule has 0 aliphatic rings. The van der Waals surface area contributed by atoms with E-state index in [9.17, 15) is 0 Å². The Balaban J connectivity index is 0.732. The molecule has 0 N–H and O–H groups in total. The highest BCUT2D eigenvalue weighted by Crippen LogP contribution is 2.50. The molecule has 0 saturated carbocycles. The van der Waals surface area contributed by atoms with E-state index in [1.807, 2.05) is 12.1 Å². The zero-order valence-electron chi connectivity index (χ0n) is 64.3. The third kappa shape index (κ3) is 9.63. The van der Waals surface area contributed by atoms with Crippen LogP contribution in [0.2, 0.25) is 0 Å². The van der Waals surface area contributed by atoms with Crippen molar-refractivity contribution in [3.8, 4) is 80.2 Å². The van der Waals surface area contributed by atoms with Crippen molar-refractivity contribution in [3.63, 3.8) is 0 Å². The van der Waals surface area contributed by atoms with Crippen molar-refractivity contribution in [3.05, 3.63) is 388 Å². The van der Waals surface area contributed by atoms with E-state index in [0.29, 0.717) is 35.3 Å². The van der Waals surface area contributed by atoms with E-state index in [0.717, 1.165) is 186 Å². The smallest absolute Gasteiger partial charge is 0.240 e. The molecule has 0 bridgehead atoms. The van der Waals surface area contributed by atoms with Crippen LogP contribution in [0, 0.1) is 0 Å². The molecule has 0 aliphatic heterocycles. The highest BCUT2D eigenvalue weighted by atomic mass is 15.3. The highest BCUT2D eigenvalue weighted by Gasteiger charge is 2.31. The van der Waals surface area contributed by atoms with Crippen LogP contribution in [0.15, 0.2) is 388 Å². The second kappa shape index (κ2) is 25.5. The van der Waals surface area contributed by atoms with Gasteiger partial charge in [-0.3, -0.25) is 13.7 Å². The number of rotatable bonds is 10. The fourth-order valence-corrected chi connectivity index (χ4v) is 19.7. The van der Waals surface area contributed by atoms with Gasteiger partial charge in [0.15, 0.2) is 17.5 Å². The standard InChI is InChI=1S/C108H64N12/c1-5-31-68(32-6-1)103-109-105(113-106(110-103)120-93-59-54-67-30-16-18-43-77(67)97(93)83-57-56-82-96-76-42-17-15-29-66(76)53-58-92(96)117(99(82)100(83)120)75-55-52-65-28-13-14-35-70(65)61-75)72-37-27-36-71(60-72)84-62-87-80-46-21-25-50-90(80)119(101(87)102-98(84)81-47-22-26-51-91(81)116(102)74-40-11-4-12-41-74)108-112-104(69-33-7-2-8-34-69)111-107(114-108)118-89-49-24-20-45-79(89)86-63-94-85(64-95(86)118)78-44-19-23-48-88(78)115(94)73-38-9-3-10-39-73/h1-64H. The van der Waals surface area contributed by atoms with Crippen molar-refractivity contribution in [2.24, 2.45) is 0 Å². The number of hydrogen-bond donors (Lipinski definition) is 0. The van der Waals surface area contributed by atoms with Gasteiger partial charge in [0.25, 0.3) is 0 Å². The topological polar surface area (TPSA) is 107 Å². The predicted molar refractivity (Wildman–Crippen MR) is 494 cm³/mol. The van der Waals surface area contributed by atoms with E-state index in [1.165, 1.54) is 21.5 Å². The van der Waals surface area contributed by atoms with Crippen LogP contribution in [0.1, 0.15) is 0 Å². The first-order valence-electron chi connectivity index (χ1n) is 40.7. The Labute approximate surface area is 684 Å². The van der Waals surface area contributed by atoms with Crippen LogP contribution >= 0.6 is 0 Å². The molecule has 0 saturated heterocycles. The molecule has 0 spiro atoms. The summed E-state index contributed by atoms with van der Waals surface area (Å²) < 4.78 is 14.2. The lowest BCUT2D eigenvalue weighted by Gasteiger charge is -2.15. The van der Waals surface area contributed by atoms with Crippen molar-refractivity contribution in [1.82, 2.24) is 57.3 Å². The van der Waals surface area contributed by atoms with Crippen LogP contribution < -0.4 is 0 Å². The number of fused-ring (bicyclic) bond motifs is 25. The number of para-hydroxylation sites is 6. The lowest BCUT2D eigenvalue weighted by atomic mass is 9.95. The maximum Gasteiger partial charge on any atom is 0.240 e. The van der Waals surface area contributed by atoms with Gasteiger partial charge in [0, 0.05) is 98.4 Å². The summed E-state index contributed by atoms with van der Waals surface area (Å²) in [6.07, 6.45) is 0. The zero-order chi connectivity index (χ0) is 78.4. The van der Waals surface area contributed by atoms with Crippen LogP contribution in [-0.4, -0.2) is 57.3 Å². The monoisotopic (exact) mass is 1530 g/mol. The van der Waals surface area contributed by atoms with Crippen LogP contribution in [0.4, 0.5) is 0 Å². The minimum Gasteiger partial charge on any atom is -0.309 e. The van der Waals surface area contributed by atoms with Gasteiger partial charge in [0.1, 0.15) is 0 Å². The summed E-state index contributed by atoms with van der Waals surface area (Å²) in [6.45, 7) is 0. The SMILES string of the molecule is c1ccc(-c2nc(-c3cccc(-c4cc5c6ccccc6n(-c6nc(-c7ccccc7)nc(-n7c8ccccc8c8cc9c(cc87)c7ccccc7n9-c7ccccc7)n6)c5c5c4c4ccccc4n5-c4ccccc4)c3)nc(-n3c4ccc5ccccc5c4c4ccc5c6c7ccccc7ccc6n(-c6ccc7ccccc7c6)c5c43)n2)cc1. The minimum atomic E-state index is 0.472. The molecule has 12 heteroatoms. The molecular weight excluding hydrogens is 1470 g/mol. The van der Waals surface area contributed by atoms with Gasteiger partial charge in [-0.25, -0.2) is 4.98 Å². The van der Waals surface area contributed by atoms with E-state index in [1.54, 1.807) is 0 Å². The van der Waals surface area contributed by atoms with E-state index in [4.69, 9.17) is 29.9 Å². The third-order valence-electron chi connectivity index (χ3n) is 24.8. The Kier molecular flexibility index (Phi) is 14.0. The van der Waals surface area contributed by atoms with Crippen molar-refractivity contribution in [2.45, 2.75) is 0 Å². The first kappa shape index (κ1) is 65.9. The lowest BCUT2D eigenvalue weighted by Crippen LogP contribution is -2.10. The van der Waals surface area contributed by atoms with Crippen LogP contribution in [-0.2, 0) is 0 Å². The average Bonchev–Trinajstić information content (AvgIpc) is 1.53. The van der Waals surface area contributed by atoms with Crippen molar-refractivity contribution < 1.29 is 0 Å². The van der Waals surface area contributed by atoms with E-state index >= 15 is 0 Å². The molecule has 556 valence electrons. The summed E-state index contributed by atoms with van der Waals surface area (Å²) in [6, 6.07) is 140. The number of nitrogens with zero attached hydrogens (tertiary/aromatic N) is 12. The molecule has 0 radical (unpaired) electrons. The number of benzene rings is 18. The van der Waals surface area contributed by atoms with Gasteiger partial charge in [-0.2, -0.15) is 24.9 Å². The van der Waals surface area contributed by atoms with Crippen LogP contribution in [0.3, 0.4) is 0 Å². The predicted octanol–water partition coefficient (Wildman–Crippen LogP) is 26.8. The zero-order valence-corrected chi connectivity index (χ0v) is 64.3. The molecule has 26 aromatic rings. The molecule has 0 amide bonds. The van der Waals surface area contributed by atoms with Gasteiger partial charge in [-0.1, -0.05) is 291 Å². The van der Waals surface area contributed by atoms with Crippen molar-refractivity contribution in [2.75, 3.05) is 0 Å². The molecule has 0 fully saturated rings. The van der Waals surface area contributed by atoms with Gasteiger partial charge in [-0.05, 0) is 141 Å². The van der Waals surface area contributed by atoms with Crippen molar-refractivity contribution in [1.29, 1.82) is 0 Å². The molecule has 0 atom stereocenters. The molecule has 12 nitrogen and oxygen atoms in total. The number of hydrogen-bond acceptors (Lipinski definition) is 6. The molecule has 120 heavy (non-hydrogen) atoms. The lowest BCUT2D eigenvalue weighted by molar-refractivity contribution is 0.893. The second-order valence-electron chi connectivity index (χ2n) is 31.3. The largest absolute Gasteiger partial charge is 0.309 e. The quantitative estimate of drug-likeness (QED) is 0.135. The molecule has 8 aromatic heterocycles. The molecule has 0 unspecified atom stereocenters. The van der Waals surface area contributed by atoms with Crippen LogP contribution in [0.25, 0.3) is 243 Å². The van der Waals surface area contributed by atoms with Gasteiger partial charge < -0.3 is 13.7 Å². The minimum absolute atomic E-state index is 0.472. The Morgan fingerprint density at radius 3 is 1.16 bits per heavy atom.